The Morgan fingerprint density at radius 1 is 0.973 bits per heavy atom. The van der Waals surface area contributed by atoms with Crippen LogP contribution in [0.25, 0.3) is 10.8 Å². The zero-order chi connectivity index (χ0) is 27.0. The normalized spacial score (nSPS) is 12.1. The van der Waals surface area contributed by atoms with Crippen molar-refractivity contribution in [2.75, 3.05) is 25.5 Å². The van der Waals surface area contributed by atoms with Crippen LogP contribution in [0.4, 0.5) is 5.69 Å². The fraction of sp³-hybridized carbons (Fsp3) is 0.367. The average Bonchev–Trinajstić information content (AvgIpc) is 2.88. The molecule has 2 amide bonds. The van der Waals surface area contributed by atoms with Gasteiger partial charge in [-0.25, -0.2) is 0 Å². The lowest BCUT2D eigenvalue weighted by Gasteiger charge is -2.26. The standard InChI is InChI=1S/C30H37N3O4/c1-21(34)37-30(2,3)20-32-28(35)17-16-24-11-8-9-13-27(24)33(5)29(36)26(31-4)19-22-14-15-23-10-6-7-12-25(23)18-22/h6-15,18,26,31H,16-17,19-20H2,1-5H3,(H,32,35)/t26-/m1/s1. The number of carbonyl (C=O) groups is 3. The molecule has 0 bridgehead atoms. The summed E-state index contributed by atoms with van der Waals surface area (Å²) >= 11 is 0. The minimum Gasteiger partial charge on any atom is -0.458 e. The van der Waals surface area contributed by atoms with Gasteiger partial charge in [0.25, 0.3) is 0 Å². The molecule has 3 rings (SSSR count). The second-order valence-corrected chi connectivity index (χ2v) is 9.88. The van der Waals surface area contributed by atoms with Crippen molar-refractivity contribution in [3.8, 4) is 0 Å². The van der Waals surface area contributed by atoms with Gasteiger partial charge in [-0.2, -0.15) is 0 Å². The molecule has 0 aromatic heterocycles. The zero-order valence-electron chi connectivity index (χ0n) is 22.3. The fourth-order valence-corrected chi connectivity index (χ4v) is 4.39. The van der Waals surface area contributed by atoms with Crippen LogP contribution in [0.3, 0.4) is 0 Å². The zero-order valence-corrected chi connectivity index (χ0v) is 22.3. The number of amides is 2. The lowest BCUT2D eigenvalue weighted by molar-refractivity contribution is -0.154. The van der Waals surface area contributed by atoms with E-state index >= 15 is 0 Å². The molecule has 3 aromatic carbocycles. The quantitative estimate of drug-likeness (QED) is 0.386. The first-order valence-corrected chi connectivity index (χ1v) is 12.6. The second-order valence-electron chi connectivity index (χ2n) is 9.88. The molecule has 0 unspecified atom stereocenters. The highest BCUT2D eigenvalue weighted by Gasteiger charge is 2.24. The van der Waals surface area contributed by atoms with Crippen molar-refractivity contribution in [2.24, 2.45) is 0 Å². The van der Waals surface area contributed by atoms with Gasteiger partial charge < -0.3 is 20.3 Å². The molecular weight excluding hydrogens is 466 g/mol. The van der Waals surface area contributed by atoms with Gasteiger partial charge in [-0.1, -0.05) is 60.7 Å². The van der Waals surface area contributed by atoms with E-state index in [0.29, 0.717) is 12.8 Å². The van der Waals surface area contributed by atoms with Crippen LogP contribution in [0.5, 0.6) is 0 Å². The highest BCUT2D eigenvalue weighted by atomic mass is 16.6. The van der Waals surface area contributed by atoms with Gasteiger partial charge in [-0.15, -0.1) is 0 Å². The Bertz CT molecular complexity index is 1250. The van der Waals surface area contributed by atoms with Gasteiger partial charge in [0.05, 0.1) is 12.6 Å². The van der Waals surface area contributed by atoms with Crippen molar-refractivity contribution >= 4 is 34.2 Å². The number of nitrogens with one attached hydrogen (secondary N) is 2. The summed E-state index contributed by atoms with van der Waals surface area (Å²) < 4.78 is 5.22. The van der Waals surface area contributed by atoms with E-state index in [1.165, 1.54) is 12.3 Å². The van der Waals surface area contributed by atoms with E-state index in [1.807, 2.05) is 36.4 Å². The predicted octanol–water partition coefficient (Wildman–Crippen LogP) is 4.02. The molecule has 196 valence electrons. The Morgan fingerprint density at radius 2 is 1.65 bits per heavy atom. The number of carbonyl (C=O) groups excluding carboxylic acids is 3. The van der Waals surface area contributed by atoms with Crippen molar-refractivity contribution in [2.45, 2.75) is 51.7 Å². The molecule has 0 spiro atoms. The van der Waals surface area contributed by atoms with Gasteiger partial charge in [0.15, 0.2) is 0 Å². The summed E-state index contributed by atoms with van der Waals surface area (Å²) in [7, 11) is 3.57. The van der Waals surface area contributed by atoms with Crippen LogP contribution in [0, 0.1) is 0 Å². The van der Waals surface area contributed by atoms with Crippen LogP contribution in [-0.2, 0) is 32.0 Å². The van der Waals surface area contributed by atoms with Gasteiger partial charge in [-0.3, -0.25) is 14.4 Å². The van der Waals surface area contributed by atoms with Gasteiger partial charge >= 0.3 is 5.97 Å². The number of hydrogen-bond donors (Lipinski definition) is 2. The highest BCUT2D eigenvalue weighted by Crippen LogP contribution is 2.23. The Labute approximate surface area is 219 Å². The lowest BCUT2D eigenvalue weighted by Crippen LogP contribution is -2.45. The number of esters is 1. The largest absolute Gasteiger partial charge is 0.458 e. The van der Waals surface area contributed by atoms with Crippen molar-refractivity contribution in [3.05, 3.63) is 77.9 Å². The van der Waals surface area contributed by atoms with Gasteiger partial charge in [-0.05, 0) is 61.7 Å². The molecule has 2 N–H and O–H groups in total. The number of aryl methyl sites for hydroxylation is 1. The van der Waals surface area contributed by atoms with Crippen molar-refractivity contribution in [3.63, 3.8) is 0 Å². The monoisotopic (exact) mass is 503 g/mol. The summed E-state index contributed by atoms with van der Waals surface area (Å²) in [5.74, 6) is -0.578. The molecule has 1 atom stereocenters. The summed E-state index contributed by atoms with van der Waals surface area (Å²) in [5.41, 5.74) is 1.99. The number of rotatable bonds is 11. The van der Waals surface area contributed by atoms with Crippen molar-refractivity contribution < 1.29 is 19.1 Å². The molecule has 7 nitrogen and oxygen atoms in total. The molecule has 0 heterocycles. The van der Waals surface area contributed by atoms with Crippen LogP contribution in [0.2, 0.25) is 0 Å². The summed E-state index contributed by atoms with van der Waals surface area (Å²) in [4.78, 5) is 38.8. The molecule has 0 aliphatic heterocycles. The summed E-state index contributed by atoms with van der Waals surface area (Å²) in [6.07, 6.45) is 1.29. The van der Waals surface area contributed by atoms with Gasteiger partial charge in [0.2, 0.25) is 11.8 Å². The third-order valence-corrected chi connectivity index (χ3v) is 6.34. The Balaban J connectivity index is 1.64. The molecule has 0 aliphatic carbocycles. The first-order chi connectivity index (χ1) is 17.6. The van der Waals surface area contributed by atoms with Crippen LogP contribution in [0.15, 0.2) is 66.7 Å². The maximum absolute atomic E-state index is 13.5. The van der Waals surface area contributed by atoms with E-state index in [4.69, 9.17) is 4.74 Å². The van der Waals surface area contributed by atoms with Gasteiger partial charge in [0.1, 0.15) is 5.60 Å². The van der Waals surface area contributed by atoms with E-state index in [2.05, 4.69) is 41.0 Å². The molecule has 3 aromatic rings. The van der Waals surface area contributed by atoms with Crippen molar-refractivity contribution in [1.29, 1.82) is 0 Å². The first kappa shape index (κ1) is 27.9. The van der Waals surface area contributed by atoms with Crippen LogP contribution in [0.1, 0.15) is 38.3 Å². The van der Waals surface area contributed by atoms with E-state index in [0.717, 1.165) is 22.2 Å². The summed E-state index contributed by atoms with van der Waals surface area (Å²) in [5, 5.41) is 8.32. The minimum atomic E-state index is -0.779. The van der Waals surface area contributed by atoms with Gasteiger partial charge in [0, 0.05) is 26.1 Å². The SMILES string of the molecule is CN[C@H](Cc1ccc2ccccc2c1)C(=O)N(C)c1ccccc1CCC(=O)NCC(C)(C)OC(C)=O. The molecular formula is C30H37N3O4. The summed E-state index contributed by atoms with van der Waals surface area (Å²) in [6, 6.07) is 21.7. The van der Waals surface area contributed by atoms with Crippen molar-refractivity contribution in [1.82, 2.24) is 10.6 Å². The second kappa shape index (κ2) is 12.5. The predicted molar refractivity (Wildman–Crippen MR) is 148 cm³/mol. The number of anilines is 1. The lowest BCUT2D eigenvalue weighted by atomic mass is 10.0. The maximum atomic E-state index is 13.5. The average molecular weight is 504 g/mol. The van der Waals surface area contributed by atoms with E-state index in [1.54, 1.807) is 32.8 Å². The van der Waals surface area contributed by atoms with E-state index < -0.39 is 11.6 Å². The molecule has 0 saturated carbocycles. The Hall–Kier alpha value is -3.71. The summed E-state index contributed by atoms with van der Waals surface area (Å²) in [6.45, 7) is 5.07. The van der Waals surface area contributed by atoms with Crippen LogP contribution in [-0.4, -0.2) is 50.1 Å². The molecule has 0 radical (unpaired) electrons. The minimum absolute atomic E-state index is 0.0457. The maximum Gasteiger partial charge on any atom is 0.303 e. The number of hydrogen-bond acceptors (Lipinski definition) is 5. The molecule has 0 saturated heterocycles. The number of benzene rings is 3. The molecule has 0 fully saturated rings. The molecule has 7 heteroatoms. The smallest absolute Gasteiger partial charge is 0.303 e. The number of likely N-dealkylation sites (N-methyl/N-ethyl adjacent to an activating group) is 2. The molecule has 37 heavy (non-hydrogen) atoms. The number of ether oxygens (including phenoxy) is 1. The van der Waals surface area contributed by atoms with Crippen LogP contribution < -0.4 is 15.5 Å². The third kappa shape index (κ3) is 7.89. The number of para-hydroxylation sites is 1. The third-order valence-electron chi connectivity index (χ3n) is 6.34. The number of nitrogens with zero attached hydrogens (tertiary/aromatic N) is 1. The topological polar surface area (TPSA) is 87.7 Å². The molecule has 0 aliphatic rings. The van der Waals surface area contributed by atoms with E-state index in [-0.39, 0.29) is 30.7 Å². The Kier molecular flexibility index (Phi) is 9.42. The highest BCUT2D eigenvalue weighted by molar-refractivity contribution is 5.97. The number of fused-ring (bicyclic) bond motifs is 1. The van der Waals surface area contributed by atoms with Crippen LogP contribution >= 0.6 is 0 Å². The Morgan fingerprint density at radius 3 is 2.35 bits per heavy atom. The van der Waals surface area contributed by atoms with E-state index in [9.17, 15) is 14.4 Å². The fourth-order valence-electron chi connectivity index (χ4n) is 4.39. The first-order valence-electron chi connectivity index (χ1n) is 12.6.